The van der Waals surface area contributed by atoms with Crippen LogP contribution in [0.3, 0.4) is 0 Å². The Labute approximate surface area is 76.4 Å². The summed E-state index contributed by atoms with van der Waals surface area (Å²) >= 11 is 0. The number of nitrogens with zero attached hydrogens (tertiary/aromatic N) is 1. The molecule has 0 fully saturated rings. The fraction of sp³-hybridized carbons (Fsp3) is 0.333. The predicted molar refractivity (Wildman–Crippen MR) is 48.7 cm³/mol. The molecule has 0 aliphatic carbocycles. The van der Waals surface area contributed by atoms with Crippen molar-refractivity contribution in [2.45, 2.75) is 6.29 Å². The zero-order valence-corrected chi connectivity index (χ0v) is 7.56. The van der Waals surface area contributed by atoms with Crippen molar-refractivity contribution in [3.8, 4) is 0 Å². The van der Waals surface area contributed by atoms with Gasteiger partial charge in [0.1, 0.15) is 5.69 Å². The van der Waals surface area contributed by atoms with Crippen LogP contribution in [0, 0.1) is 4.91 Å². The van der Waals surface area contributed by atoms with Crippen LogP contribution >= 0.6 is 0 Å². The van der Waals surface area contributed by atoms with Crippen LogP contribution in [0.5, 0.6) is 0 Å². The van der Waals surface area contributed by atoms with Crippen LogP contribution in [0.25, 0.3) is 0 Å². The maximum atomic E-state index is 10.4. The maximum Gasteiger partial charge on any atom is 0.185 e. The van der Waals surface area contributed by atoms with Gasteiger partial charge in [0.2, 0.25) is 0 Å². The van der Waals surface area contributed by atoms with Gasteiger partial charge in [-0.05, 0) is 11.2 Å². The Balaban J connectivity index is 3.03. The minimum Gasteiger partial charge on any atom is -0.352 e. The normalized spacial score (nSPS) is 10.4. The molecule has 0 radical (unpaired) electrons. The zero-order valence-electron chi connectivity index (χ0n) is 7.56. The van der Waals surface area contributed by atoms with E-state index < -0.39 is 6.29 Å². The largest absolute Gasteiger partial charge is 0.352 e. The van der Waals surface area contributed by atoms with Gasteiger partial charge in [0, 0.05) is 19.8 Å². The van der Waals surface area contributed by atoms with E-state index in [9.17, 15) is 4.91 Å². The molecule has 0 amide bonds. The van der Waals surface area contributed by atoms with Crippen molar-refractivity contribution in [3.63, 3.8) is 0 Å². The topological polar surface area (TPSA) is 47.9 Å². The Morgan fingerprint density at radius 3 is 2.38 bits per heavy atom. The van der Waals surface area contributed by atoms with Gasteiger partial charge in [0.25, 0.3) is 0 Å². The van der Waals surface area contributed by atoms with Crippen LogP contribution in [0.15, 0.2) is 29.4 Å². The highest BCUT2D eigenvalue weighted by Crippen LogP contribution is 2.27. The molecular weight excluding hydrogens is 170 g/mol. The summed E-state index contributed by atoms with van der Waals surface area (Å²) in [7, 11) is 3.02. The predicted octanol–water partition coefficient (Wildman–Crippen LogP) is 2.38. The summed E-state index contributed by atoms with van der Waals surface area (Å²) in [6, 6.07) is 6.90. The molecule has 0 aliphatic heterocycles. The first-order chi connectivity index (χ1) is 6.33. The number of benzene rings is 1. The summed E-state index contributed by atoms with van der Waals surface area (Å²) in [5, 5.41) is 2.88. The van der Waals surface area contributed by atoms with E-state index in [1.807, 2.05) is 0 Å². The summed E-state index contributed by atoms with van der Waals surface area (Å²) in [5.74, 6) is 0. The van der Waals surface area contributed by atoms with E-state index in [4.69, 9.17) is 9.47 Å². The van der Waals surface area contributed by atoms with Crippen LogP contribution < -0.4 is 0 Å². The Kier molecular flexibility index (Phi) is 3.54. The molecule has 0 bridgehead atoms. The minimum atomic E-state index is -0.533. The summed E-state index contributed by atoms with van der Waals surface area (Å²) in [6.07, 6.45) is -0.533. The lowest BCUT2D eigenvalue weighted by molar-refractivity contribution is -0.105. The van der Waals surface area contributed by atoms with Crippen LogP contribution in [0.2, 0.25) is 0 Å². The molecule has 70 valence electrons. The third kappa shape index (κ3) is 2.11. The molecule has 0 saturated carbocycles. The molecule has 1 rings (SSSR count). The third-order valence-corrected chi connectivity index (χ3v) is 1.72. The minimum absolute atomic E-state index is 0.344. The number of ether oxygens (including phenoxy) is 2. The van der Waals surface area contributed by atoms with Crippen molar-refractivity contribution < 1.29 is 9.47 Å². The van der Waals surface area contributed by atoms with E-state index >= 15 is 0 Å². The molecule has 4 nitrogen and oxygen atoms in total. The molecule has 13 heavy (non-hydrogen) atoms. The fourth-order valence-corrected chi connectivity index (χ4v) is 1.12. The quantitative estimate of drug-likeness (QED) is 0.529. The molecule has 0 saturated heterocycles. The Morgan fingerprint density at radius 2 is 1.85 bits per heavy atom. The number of hydrogen-bond donors (Lipinski definition) is 0. The van der Waals surface area contributed by atoms with Crippen LogP contribution in [-0.2, 0) is 9.47 Å². The van der Waals surface area contributed by atoms with Crippen molar-refractivity contribution in [2.75, 3.05) is 14.2 Å². The fourth-order valence-electron chi connectivity index (χ4n) is 1.12. The first kappa shape index (κ1) is 9.83. The van der Waals surface area contributed by atoms with Gasteiger partial charge in [-0.2, -0.15) is 0 Å². The van der Waals surface area contributed by atoms with E-state index in [0.717, 1.165) is 0 Å². The van der Waals surface area contributed by atoms with Crippen molar-refractivity contribution in [1.82, 2.24) is 0 Å². The van der Waals surface area contributed by atoms with Crippen molar-refractivity contribution in [1.29, 1.82) is 0 Å². The molecule has 0 unspecified atom stereocenters. The lowest BCUT2D eigenvalue weighted by Gasteiger charge is -2.14. The molecular formula is C9H11NO3. The van der Waals surface area contributed by atoms with Gasteiger partial charge in [-0.1, -0.05) is 18.2 Å². The lowest BCUT2D eigenvalue weighted by atomic mass is 10.2. The molecule has 0 aliphatic rings. The SMILES string of the molecule is COC(OC)c1ccccc1N=O. The molecule has 0 atom stereocenters. The first-order valence-corrected chi connectivity index (χ1v) is 3.81. The van der Waals surface area contributed by atoms with Gasteiger partial charge in [-0.15, -0.1) is 4.91 Å². The Morgan fingerprint density at radius 1 is 1.23 bits per heavy atom. The van der Waals surface area contributed by atoms with E-state index in [1.54, 1.807) is 24.3 Å². The summed E-state index contributed by atoms with van der Waals surface area (Å²) in [4.78, 5) is 10.4. The zero-order chi connectivity index (χ0) is 9.68. The molecule has 4 heteroatoms. The molecule has 0 heterocycles. The highest BCUT2D eigenvalue weighted by Gasteiger charge is 2.13. The van der Waals surface area contributed by atoms with Crippen molar-refractivity contribution in [3.05, 3.63) is 34.7 Å². The number of nitroso groups, excluding NO2 is 1. The molecule has 1 aromatic carbocycles. The van der Waals surface area contributed by atoms with E-state index in [1.165, 1.54) is 14.2 Å². The van der Waals surface area contributed by atoms with E-state index in [-0.39, 0.29) is 0 Å². The Hall–Kier alpha value is -1.26. The highest BCUT2D eigenvalue weighted by atomic mass is 16.7. The molecule has 0 N–H and O–H groups in total. The molecule has 1 aromatic rings. The second kappa shape index (κ2) is 4.69. The monoisotopic (exact) mass is 181 g/mol. The van der Waals surface area contributed by atoms with Crippen molar-refractivity contribution >= 4 is 5.69 Å². The van der Waals surface area contributed by atoms with Gasteiger partial charge in [-0.25, -0.2) is 0 Å². The summed E-state index contributed by atoms with van der Waals surface area (Å²) < 4.78 is 10.0. The van der Waals surface area contributed by atoms with Crippen LogP contribution in [-0.4, -0.2) is 14.2 Å². The standard InChI is InChI=1S/C9H11NO3/c1-12-9(13-2)7-5-3-4-6-8(7)10-11/h3-6,9H,1-2H3. The average Bonchev–Trinajstić information content (AvgIpc) is 2.20. The van der Waals surface area contributed by atoms with Crippen LogP contribution in [0.4, 0.5) is 5.69 Å². The van der Waals surface area contributed by atoms with Crippen molar-refractivity contribution in [2.24, 2.45) is 5.18 Å². The second-order valence-corrected chi connectivity index (χ2v) is 2.45. The lowest BCUT2D eigenvalue weighted by Crippen LogP contribution is -2.03. The van der Waals surface area contributed by atoms with Gasteiger partial charge in [-0.3, -0.25) is 0 Å². The second-order valence-electron chi connectivity index (χ2n) is 2.45. The highest BCUT2D eigenvalue weighted by molar-refractivity contribution is 5.46. The average molecular weight is 181 g/mol. The van der Waals surface area contributed by atoms with Gasteiger partial charge >= 0.3 is 0 Å². The Bertz CT molecular complexity index is 284. The van der Waals surface area contributed by atoms with E-state index in [0.29, 0.717) is 11.3 Å². The van der Waals surface area contributed by atoms with Gasteiger partial charge in [0.05, 0.1) is 0 Å². The van der Waals surface area contributed by atoms with Gasteiger partial charge in [0.15, 0.2) is 6.29 Å². The number of methoxy groups -OCH3 is 2. The van der Waals surface area contributed by atoms with Crippen LogP contribution in [0.1, 0.15) is 11.9 Å². The van der Waals surface area contributed by atoms with Gasteiger partial charge < -0.3 is 9.47 Å². The summed E-state index contributed by atoms with van der Waals surface area (Å²) in [6.45, 7) is 0. The molecule has 0 aromatic heterocycles. The number of rotatable bonds is 4. The third-order valence-electron chi connectivity index (χ3n) is 1.72. The maximum absolute atomic E-state index is 10.4. The smallest absolute Gasteiger partial charge is 0.185 e. The number of hydrogen-bond acceptors (Lipinski definition) is 4. The van der Waals surface area contributed by atoms with E-state index in [2.05, 4.69) is 5.18 Å². The summed E-state index contributed by atoms with van der Waals surface area (Å²) in [5.41, 5.74) is 0.985. The first-order valence-electron chi connectivity index (χ1n) is 3.81. The molecule has 0 spiro atoms.